The van der Waals surface area contributed by atoms with Crippen LogP contribution in [0.3, 0.4) is 0 Å². The standard InChI is InChI=1S/C15H10N2O4/c18-14-10-4-2-1-3-9(10)7-13(17-14)21-12-8-16-6-5-11(12)15(19)20/h1-8H,(H,17,18)(H,19,20). The van der Waals surface area contributed by atoms with E-state index >= 15 is 0 Å². The number of carbonyl (C=O) groups is 1. The highest BCUT2D eigenvalue weighted by Gasteiger charge is 2.12. The number of hydrogen-bond acceptors (Lipinski definition) is 4. The largest absolute Gasteiger partial charge is 0.478 e. The van der Waals surface area contributed by atoms with Gasteiger partial charge >= 0.3 is 5.97 Å². The smallest absolute Gasteiger partial charge is 0.339 e. The molecule has 3 rings (SSSR count). The van der Waals surface area contributed by atoms with Gasteiger partial charge in [0, 0.05) is 17.6 Å². The molecule has 0 unspecified atom stereocenters. The zero-order valence-electron chi connectivity index (χ0n) is 10.7. The molecule has 1 aromatic carbocycles. The molecule has 21 heavy (non-hydrogen) atoms. The SMILES string of the molecule is O=C(O)c1ccncc1Oc1cc2ccccc2c(=O)[nH]1. The monoisotopic (exact) mass is 282 g/mol. The number of nitrogens with one attached hydrogen (secondary N) is 1. The molecule has 0 atom stereocenters. The summed E-state index contributed by atoms with van der Waals surface area (Å²) in [6, 6.07) is 10.0. The van der Waals surface area contributed by atoms with Gasteiger partial charge in [0.2, 0.25) is 5.88 Å². The maximum absolute atomic E-state index is 11.9. The van der Waals surface area contributed by atoms with Crippen molar-refractivity contribution in [3.8, 4) is 11.6 Å². The number of ether oxygens (including phenoxy) is 1. The number of rotatable bonds is 3. The predicted molar refractivity (Wildman–Crippen MR) is 75.8 cm³/mol. The first kappa shape index (κ1) is 12.9. The molecule has 3 aromatic rings. The summed E-state index contributed by atoms with van der Waals surface area (Å²) < 4.78 is 5.46. The molecule has 0 radical (unpaired) electrons. The summed E-state index contributed by atoms with van der Waals surface area (Å²) in [7, 11) is 0. The molecular weight excluding hydrogens is 272 g/mol. The zero-order chi connectivity index (χ0) is 14.8. The molecule has 0 aliphatic carbocycles. The second-order valence-electron chi connectivity index (χ2n) is 4.33. The Morgan fingerprint density at radius 2 is 2.05 bits per heavy atom. The number of fused-ring (bicyclic) bond motifs is 1. The van der Waals surface area contributed by atoms with E-state index in [1.165, 1.54) is 18.5 Å². The van der Waals surface area contributed by atoms with E-state index in [0.717, 1.165) is 0 Å². The van der Waals surface area contributed by atoms with Gasteiger partial charge in [-0.25, -0.2) is 4.79 Å². The number of benzene rings is 1. The lowest BCUT2D eigenvalue weighted by molar-refractivity contribution is 0.0694. The van der Waals surface area contributed by atoms with Crippen LogP contribution in [0.5, 0.6) is 11.6 Å². The summed E-state index contributed by atoms with van der Waals surface area (Å²) in [4.78, 5) is 29.4. The van der Waals surface area contributed by atoms with E-state index in [4.69, 9.17) is 9.84 Å². The van der Waals surface area contributed by atoms with Crippen molar-refractivity contribution in [2.45, 2.75) is 0 Å². The van der Waals surface area contributed by atoms with Gasteiger partial charge in [-0.05, 0) is 17.5 Å². The molecule has 0 aliphatic rings. The Morgan fingerprint density at radius 3 is 2.86 bits per heavy atom. The van der Waals surface area contributed by atoms with Crippen LogP contribution in [-0.4, -0.2) is 21.0 Å². The van der Waals surface area contributed by atoms with Crippen LogP contribution in [-0.2, 0) is 0 Å². The van der Waals surface area contributed by atoms with Gasteiger partial charge < -0.3 is 9.84 Å². The quantitative estimate of drug-likeness (QED) is 0.769. The first-order chi connectivity index (χ1) is 10.1. The number of nitrogens with zero attached hydrogens (tertiary/aromatic N) is 1. The maximum atomic E-state index is 11.9. The number of pyridine rings is 2. The number of aromatic amines is 1. The predicted octanol–water partition coefficient (Wildman–Crippen LogP) is 2.41. The first-order valence-corrected chi connectivity index (χ1v) is 6.12. The number of carboxylic acids is 1. The summed E-state index contributed by atoms with van der Waals surface area (Å²) >= 11 is 0. The minimum absolute atomic E-state index is 0.0287. The normalized spacial score (nSPS) is 10.5. The molecule has 2 N–H and O–H groups in total. The van der Waals surface area contributed by atoms with Crippen LogP contribution in [0.4, 0.5) is 0 Å². The van der Waals surface area contributed by atoms with Gasteiger partial charge in [0.1, 0.15) is 5.56 Å². The van der Waals surface area contributed by atoms with Crippen LogP contribution >= 0.6 is 0 Å². The molecule has 0 saturated heterocycles. The summed E-state index contributed by atoms with van der Waals surface area (Å²) in [5.41, 5.74) is -0.331. The van der Waals surface area contributed by atoms with Crippen LogP contribution in [0.25, 0.3) is 10.8 Å². The van der Waals surface area contributed by atoms with Crippen molar-refractivity contribution in [3.63, 3.8) is 0 Å². The average molecular weight is 282 g/mol. The fourth-order valence-corrected chi connectivity index (χ4v) is 2.00. The summed E-state index contributed by atoms with van der Waals surface area (Å²) in [6.45, 7) is 0. The van der Waals surface area contributed by atoms with Crippen molar-refractivity contribution in [3.05, 3.63) is 64.7 Å². The third kappa shape index (κ3) is 2.46. The average Bonchev–Trinajstić information content (AvgIpc) is 2.47. The number of aromatic carboxylic acids is 1. The number of carboxylic acid groups (broad SMARTS) is 1. The Morgan fingerprint density at radius 1 is 1.24 bits per heavy atom. The van der Waals surface area contributed by atoms with Gasteiger partial charge in [-0.15, -0.1) is 0 Å². The van der Waals surface area contributed by atoms with Crippen LogP contribution < -0.4 is 10.3 Å². The molecule has 0 fully saturated rings. The minimum atomic E-state index is -1.13. The lowest BCUT2D eigenvalue weighted by Gasteiger charge is -2.08. The molecule has 104 valence electrons. The zero-order valence-corrected chi connectivity index (χ0v) is 10.7. The van der Waals surface area contributed by atoms with Gasteiger partial charge in [-0.1, -0.05) is 18.2 Å². The highest BCUT2D eigenvalue weighted by molar-refractivity contribution is 5.90. The van der Waals surface area contributed by atoms with Crippen molar-refractivity contribution in [1.82, 2.24) is 9.97 Å². The molecule has 0 saturated carbocycles. The van der Waals surface area contributed by atoms with Gasteiger partial charge in [-0.2, -0.15) is 0 Å². The lowest BCUT2D eigenvalue weighted by atomic mass is 10.2. The Kier molecular flexibility index (Phi) is 3.12. The van der Waals surface area contributed by atoms with Gasteiger partial charge in [0.15, 0.2) is 5.75 Å². The summed E-state index contributed by atoms with van der Waals surface area (Å²) in [5.74, 6) is -0.902. The fraction of sp³-hybridized carbons (Fsp3) is 0. The molecule has 0 bridgehead atoms. The van der Waals surface area contributed by atoms with E-state index in [1.807, 2.05) is 0 Å². The molecular formula is C15H10N2O4. The number of aromatic nitrogens is 2. The molecule has 6 nitrogen and oxygen atoms in total. The Hall–Kier alpha value is -3.15. The molecule has 0 spiro atoms. The molecule has 2 heterocycles. The van der Waals surface area contributed by atoms with E-state index in [1.54, 1.807) is 30.3 Å². The van der Waals surface area contributed by atoms with Crippen LogP contribution in [0, 0.1) is 0 Å². The molecule has 2 aromatic heterocycles. The van der Waals surface area contributed by atoms with E-state index < -0.39 is 5.97 Å². The summed E-state index contributed by atoms with van der Waals surface area (Å²) in [6.07, 6.45) is 2.65. The van der Waals surface area contributed by atoms with Crippen LogP contribution in [0.1, 0.15) is 10.4 Å². The van der Waals surface area contributed by atoms with E-state index in [9.17, 15) is 9.59 Å². The Bertz CT molecular complexity index is 886. The van der Waals surface area contributed by atoms with Crippen molar-refractivity contribution in [2.24, 2.45) is 0 Å². The van der Waals surface area contributed by atoms with Gasteiger partial charge in [-0.3, -0.25) is 14.8 Å². The highest BCUT2D eigenvalue weighted by atomic mass is 16.5. The molecule has 0 amide bonds. The third-order valence-electron chi connectivity index (χ3n) is 2.96. The van der Waals surface area contributed by atoms with E-state index in [0.29, 0.717) is 10.8 Å². The highest BCUT2D eigenvalue weighted by Crippen LogP contribution is 2.24. The Balaban J connectivity index is 2.07. The van der Waals surface area contributed by atoms with Crippen molar-refractivity contribution in [2.75, 3.05) is 0 Å². The van der Waals surface area contributed by atoms with E-state index in [-0.39, 0.29) is 22.8 Å². The Labute approximate surface area is 118 Å². The van der Waals surface area contributed by atoms with Crippen molar-refractivity contribution < 1.29 is 14.6 Å². The molecule has 6 heteroatoms. The first-order valence-electron chi connectivity index (χ1n) is 6.12. The van der Waals surface area contributed by atoms with Crippen molar-refractivity contribution in [1.29, 1.82) is 0 Å². The topological polar surface area (TPSA) is 92.3 Å². The second-order valence-corrected chi connectivity index (χ2v) is 4.33. The molecule has 0 aliphatic heterocycles. The van der Waals surface area contributed by atoms with Crippen LogP contribution in [0.2, 0.25) is 0 Å². The fourth-order valence-electron chi connectivity index (χ4n) is 2.00. The van der Waals surface area contributed by atoms with E-state index in [2.05, 4.69) is 9.97 Å². The third-order valence-corrected chi connectivity index (χ3v) is 2.96. The maximum Gasteiger partial charge on any atom is 0.339 e. The lowest BCUT2D eigenvalue weighted by Crippen LogP contribution is -2.08. The summed E-state index contributed by atoms with van der Waals surface area (Å²) in [5, 5.41) is 10.3. The number of hydrogen-bond donors (Lipinski definition) is 2. The van der Waals surface area contributed by atoms with Crippen molar-refractivity contribution >= 4 is 16.7 Å². The van der Waals surface area contributed by atoms with Gasteiger partial charge in [0.25, 0.3) is 5.56 Å². The second kappa shape index (κ2) is 5.09. The van der Waals surface area contributed by atoms with Gasteiger partial charge in [0.05, 0.1) is 6.20 Å². The van der Waals surface area contributed by atoms with Crippen LogP contribution in [0.15, 0.2) is 53.6 Å². The minimum Gasteiger partial charge on any atom is -0.478 e. The number of H-pyrrole nitrogens is 1.